The molecule has 352 valence electrons. The third kappa shape index (κ3) is 42.6. The number of aliphatic hydroxyl groups excluding tert-OH is 1. The zero-order valence-electron chi connectivity index (χ0n) is 38.3. The Hall–Kier alpha value is -2.04. The van der Waals surface area contributed by atoms with Crippen LogP contribution in [0.2, 0.25) is 0 Å². The number of rotatable bonds is 46. The van der Waals surface area contributed by atoms with Crippen molar-refractivity contribution in [2.45, 2.75) is 244 Å². The van der Waals surface area contributed by atoms with Crippen LogP contribution >= 0.6 is 7.82 Å². The van der Waals surface area contributed by atoms with E-state index in [1.54, 1.807) is 0 Å². The molecule has 0 fully saturated rings. The van der Waals surface area contributed by atoms with Crippen molar-refractivity contribution in [3.8, 4) is 0 Å². The Morgan fingerprint density at radius 2 is 0.867 bits per heavy atom. The number of aliphatic carboxylic acids is 1. The quantitative estimate of drug-likeness (QED) is 0.0200. The van der Waals surface area contributed by atoms with Crippen molar-refractivity contribution in [3.63, 3.8) is 0 Å². The van der Waals surface area contributed by atoms with Gasteiger partial charge in [0.15, 0.2) is 6.04 Å². The summed E-state index contributed by atoms with van der Waals surface area (Å²) >= 11 is 0. The number of phosphoric acid groups is 1. The summed E-state index contributed by atoms with van der Waals surface area (Å²) < 4.78 is 26.9. The lowest BCUT2D eigenvalue weighted by Gasteiger charge is -2.18. The minimum absolute atomic E-state index is 0.137. The number of nitrogens with one attached hydrogen (secondary N) is 1. The Labute approximate surface area is 366 Å². The maximum Gasteiger partial charge on any atom is 0.472 e. The molecule has 0 aromatic rings. The Morgan fingerprint density at radius 1 is 0.517 bits per heavy atom. The van der Waals surface area contributed by atoms with E-state index in [9.17, 15) is 34.1 Å². The van der Waals surface area contributed by atoms with Gasteiger partial charge in [-0.2, -0.15) is 0 Å². The molecule has 60 heavy (non-hydrogen) atoms. The van der Waals surface area contributed by atoms with Gasteiger partial charge in [0, 0.05) is 12.8 Å². The maximum atomic E-state index is 12.3. The molecule has 0 rings (SSSR count). The van der Waals surface area contributed by atoms with Crippen LogP contribution in [-0.4, -0.2) is 64.9 Å². The zero-order chi connectivity index (χ0) is 44.2. The standard InChI is InChI=1S/C48H90NO10P/c1-3-5-7-9-11-13-15-17-19-20-21-22-23-24-26-28-30-32-34-36-38-40-47(52)57-41-44(50)42-58-60(55,56)59-43-45(48(53)54)49-46(51)39-37-35-33-31-29-27-25-18-16-14-12-10-8-6-4-2/h17-19,25,44-45,50H,3-16,20-24,26-43H2,1-2H3,(H,49,51)(H,53,54)(H,55,56)/b19-17+,25-18-. The normalized spacial score (nSPS) is 13.8. The van der Waals surface area contributed by atoms with Gasteiger partial charge in [0.2, 0.25) is 5.91 Å². The fraction of sp³-hybridized carbons (Fsp3) is 0.854. The van der Waals surface area contributed by atoms with Crippen molar-refractivity contribution in [2.75, 3.05) is 19.8 Å². The molecule has 0 saturated carbocycles. The minimum atomic E-state index is -4.76. The van der Waals surface area contributed by atoms with E-state index in [4.69, 9.17) is 13.8 Å². The molecule has 3 atom stereocenters. The Morgan fingerprint density at radius 3 is 1.27 bits per heavy atom. The third-order valence-corrected chi connectivity index (χ3v) is 11.7. The number of carbonyl (C=O) groups is 3. The highest BCUT2D eigenvalue weighted by Crippen LogP contribution is 2.43. The van der Waals surface area contributed by atoms with Crippen molar-refractivity contribution in [2.24, 2.45) is 0 Å². The molecular weight excluding hydrogens is 781 g/mol. The van der Waals surface area contributed by atoms with Crippen LogP contribution in [0, 0.1) is 0 Å². The molecule has 0 aliphatic carbocycles. The molecule has 0 radical (unpaired) electrons. The van der Waals surface area contributed by atoms with E-state index in [-0.39, 0.29) is 12.8 Å². The fourth-order valence-electron chi connectivity index (χ4n) is 6.89. The van der Waals surface area contributed by atoms with Gasteiger partial charge in [0.1, 0.15) is 12.7 Å². The summed E-state index contributed by atoms with van der Waals surface area (Å²) in [6.45, 7) is 2.60. The van der Waals surface area contributed by atoms with E-state index in [1.807, 2.05) is 0 Å². The first-order valence-corrected chi connectivity index (χ1v) is 25.9. The monoisotopic (exact) mass is 872 g/mol. The van der Waals surface area contributed by atoms with Crippen LogP contribution in [0.25, 0.3) is 0 Å². The molecule has 0 bridgehead atoms. The van der Waals surface area contributed by atoms with E-state index >= 15 is 0 Å². The molecule has 0 aliphatic heterocycles. The lowest BCUT2D eigenvalue weighted by atomic mass is 10.0. The highest BCUT2D eigenvalue weighted by molar-refractivity contribution is 7.47. The van der Waals surface area contributed by atoms with Crippen LogP contribution in [0.5, 0.6) is 0 Å². The summed E-state index contributed by atoms with van der Waals surface area (Å²) in [7, 11) is -4.76. The largest absolute Gasteiger partial charge is 0.480 e. The summed E-state index contributed by atoms with van der Waals surface area (Å²) in [5.41, 5.74) is 0. The van der Waals surface area contributed by atoms with Crippen LogP contribution in [0.15, 0.2) is 24.3 Å². The number of allylic oxidation sites excluding steroid dienone is 4. The van der Waals surface area contributed by atoms with Gasteiger partial charge in [0.05, 0.1) is 13.2 Å². The molecule has 0 saturated heterocycles. The predicted octanol–water partition coefficient (Wildman–Crippen LogP) is 13.0. The molecule has 0 aromatic carbocycles. The first kappa shape index (κ1) is 58.0. The van der Waals surface area contributed by atoms with E-state index in [1.165, 1.54) is 135 Å². The second kappa shape index (κ2) is 43.6. The number of unbranched alkanes of at least 4 members (excludes halogenated alkanes) is 28. The SMILES string of the molecule is CCCCCCCC/C=C\CCCCCCCC(=O)NC(COP(=O)(O)OCC(O)COC(=O)CCCCCCCCCCCCC/C=C/CCCCCCCC)C(=O)O. The van der Waals surface area contributed by atoms with Crippen LogP contribution in [0.4, 0.5) is 0 Å². The molecule has 3 unspecified atom stereocenters. The van der Waals surface area contributed by atoms with E-state index < -0.39 is 57.6 Å². The molecule has 11 nitrogen and oxygen atoms in total. The van der Waals surface area contributed by atoms with Crippen LogP contribution in [0.1, 0.15) is 232 Å². The van der Waals surface area contributed by atoms with Gasteiger partial charge in [-0.05, 0) is 64.2 Å². The van der Waals surface area contributed by atoms with Gasteiger partial charge in [-0.15, -0.1) is 0 Å². The number of carboxylic acids is 1. The highest BCUT2D eigenvalue weighted by atomic mass is 31.2. The molecule has 12 heteroatoms. The predicted molar refractivity (Wildman–Crippen MR) is 245 cm³/mol. The molecule has 0 aliphatic rings. The van der Waals surface area contributed by atoms with Gasteiger partial charge in [-0.25, -0.2) is 9.36 Å². The second-order valence-corrected chi connectivity index (χ2v) is 18.1. The number of hydrogen-bond acceptors (Lipinski definition) is 8. The number of esters is 1. The van der Waals surface area contributed by atoms with Crippen molar-refractivity contribution in [3.05, 3.63) is 24.3 Å². The average molecular weight is 872 g/mol. The second-order valence-electron chi connectivity index (χ2n) is 16.6. The first-order valence-electron chi connectivity index (χ1n) is 24.4. The Bertz CT molecular complexity index is 1120. The summed E-state index contributed by atoms with van der Waals surface area (Å²) in [5, 5.41) is 21.9. The van der Waals surface area contributed by atoms with Crippen molar-refractivity contribution < 1.29 is 47.8 Å². The zero-order valence-corrected chi connectivity index (χ0v) is 39.2. The number of phosphoric ester groups is 1. The fourth-order valence-corrected chi connectivity index (χ4v) is 7.67. The lowest BCUT2D eigenvalue weighted by molar-refractivity contribution is -0.147. The topological polar surface area (TPSA) is 169 Å². The first-order chi connectivity index (χ1) is 29.1. The van der Waals surface area contributed by atoms with E-state index in [0.717, 1.165) is 57.8 Å². The summed E-state index contributed by atoms with van der Waals surface area (Å²) in [5.74, 6) is -2.38. The molecule has 0 heterocycles. The van der Waals surface area contributed by atoms with Crippen LogP contribution < -0.4 is 5.32 Å². The smallest absolute Gasteiger partial charge is 0.472 e. The van der Waals surface area contributed by atoms with Gasteiger partial charge in [0.25, 0.3) is 0 Å². The number of aliphatic hydroxyl groups is 1. The van der Waals surface area contributed by atoms with Crippen molar-refractivity contribution in [1.82, 2.24) is 5.32 Å². The molecule has 0 aromatic heterocycles. The van der Waals surface area contributed by atoms with E-state index in [0.29, 0.717) is 12.8 Å². The number of hydrogen-bond donors (Lipinski definition) is 4. The third-order valence-electron chi connectivity index (χ3n) is 10.7. The van der Waals surface area contributed by atoms with Crippen LogP contribution in [-0.2, 0) is 32.7 Å². The summed E-state index contributed by atoms with van der Waals surface area (Å²) in [6.07, 6.45) is 46.3. The molecule has 1 amide bonds. The summed E-state index contributed by atoms with van der Waals surface area (Å²) in [6, 6.07) is -1.55. The van der Waals surface area contributed by atoms with Crippen LogP contribution in [0.3, 0.4) is 0 Å². The molecule has 4 N–H and O–H groups in total. The molecular formula is C48H90NO10P. The minimum Gasteiger partial charge on any atom is -0.480 e. The van der Waals surface area contributed by atoms with Gasteiger partial charge in [-0.1, -0.05) is 179 Å². The van der Waals surface area contributed by atoms with Gasteiger partial charge >= 0.3 is 19.8 Å². The number of ether oxygens (including phenoxy) is 1. The van der Waals surface area contributed by atoms with Crippen molar-refractivity contribution >= 4 is 25.7 Å². The Kier molecular flexibility index (Phi) is 42.1. The van der Waals surface area contributed by atoms with Gasteiger partial charge < -0.3 is 25.2 Å². The Balaban J connectivity index is 3.82. The lowest BCUT2D eigenvalue weighted by Crippen LogP contribution is -2.43. The van der Waals surface area contributed by atoms with Crippen molar-refractivity contribution in [1.29, 1.82) is 0 Å². The van der Waals surface area contributed by atoms with E-state index in [2.05, 4.69) is 43.5 Å². The maximum absolute atomic E-state index is 12.3. The number of carbonyl (C=O) groups excluding carboxylic acids is 2. The average Bonchev–Trinajstić information content (AvgIpc) is 3.22. The van der Waals surface area contributed by atoms with Gasteiger partial charge in [-0.3, -0.25) is 18.6 Å². The number of amides is 1. The highest BCUT2D eigenvalue weighted by Gasteiger charge is 2.28. The number of carboxylic acid groups (broad SMARTS) is 1. The summed E-state index contributed by atoms with van der Waals surface area (Å²) in [4.78, 5) is 46.0. The molecule has 0 spiro atoms.